The van der Waals surface area contributed by atoms with Gasteiger partial charge in [-0.3, -0.25) is 4.57 Å². The molecular formula is C43H25N3OS. The number of hydrogen-bond donors (Lipinski definition) is 0. The highest BCUT2D eigenvalue weighted by molar-refractivity contribution is 7.26. The zero-order chi connectivity index (χ0) is 31.3. The lowest BCUT2D eigenvalue weighted by Crippen LogP contribution is -1.93. The zero-order valence-electron chi connectivity index (χ0n) is 25.6. The van der Waals surface area contributed by atoms with Gasteiger partial charge < -0.3 is 8.98 Å². The lowest BCUT2D eigenvalue weighted by molar-refractivity contribution is 0.577. The van der Waals surface area contributed by atoms with Crippen molar-refractivity contribution < 1.29 is 4.42 Å². The number of hydrogen-bond acceptors (Lipinski definition) is 3. The molecule has 224 valence electrons. The summed E-state index contributed by atoms with van der Waals surface area (Å²) in [5.74, 6) is 0. The van der Waals surface area contributed by atoms with Gasteiger partial charge in [-0.25, -0.2) is 0 Å². The molecule has 0 amide bonds. The highest BCUT2D eigenvalue weighted by atomic mass is 32.1. The summed E-state index contributed by atoms with van der Waals surface area (Å²) in [5.41, 5.74) is 9.78. The number of nitrogens with zero attached hydrogens (tertiary/aromatic N) is 3. The Bertz CT molecular complexity index is 3070. The van der Waals surface area contributed by atoms with Gasteiger partial charge in [0.05, 0.1) is 22.1 Å². The maximum atomic E-state index is 6.71. The lowest BCUT2D eigenvalue weighted by Gasteiger charge is -2.08. The predicted molar refractivity (Wildman–Crippen MR) is 201 cm³/mol. The molecule has 0 atom stereocenters. The second kappa shape index (κ2) is 9.67. The van der Waals surface area contributed by atoms with Gasteiger partial charge in [-0.2, -0.15) is 4.98 Å². The molecule has 4 nitrogen and oxygen atoms in total. The fourth-order valence-electron chi connectivity index (χ4n) is 7.64. The number of fused-ring (bicyclic) bond motifs is 11. The molecule has 0 aliphatic rings. The van der Waals surface area contributed by atoms with Crippen molar-refractivity contribution in [1.82, 2.24) is 14.1 Å². The summed E-state index contributed by atoms with van der Waals surface area (Å²) in [6.45, 7) is 0. The van der Waals surface area contributed by atoms with Gasteiger partial charge in [-0.15, -0.1) is 11.3 Å². The molecule has 0 N–H and O–H groups in total. The molecule has 7 aromatic carbocycles. The van der Waals surface area contributed by atoms with Crippen molar-refractivity contribution in [3.63, 3.8) is 0 Å². The summed E-state index contributed by atoms with van der Waals surface area (Å²) < 4.78 is 13.7. The second-order valence-corrected chi connectivity index (χ2v) is 13.5. The van der Waals surface area contributed by atoms with Gasteiger partial charge >= 0.3 is 6.01 Å². The topological polar surface area (TPSA) is 35.9 Å². The van der Waals surface area contributed by atoms with Gasteiger partial charge in [-0.05, 0) is 77.9 Å². The monoisotopic (exact) mass is 631 g/mol. The number of oxazole rings is 1. The molecular weight excluding hydrogens is 607 g/mol. The van der Waals surface area contributed by atoms with Crippen molar-refractivity contribution >= 4 is 86.2 Å². The Morgan fingerprint density at radius 2 is 1.04 bits per heavy atom. The van der Waals surface area contributed by atoms with Crippen LogP contribution in [0.25, 0.3) is 97.7 Å². The molecule has 0 spiro atoms. The quantitative estimate of drug-likeness (QED) is 0.194. The number of aromatic nitrogens is 3. The second-order valence-electron chi connectivity index (χ2n) is 12.4. The predicted octanol–water partition coefficient (Wildman–Crippen LogP) is 12.1. The van der Waals surface area contributed by atoms with E-state index in [1.54, 1.807) is 11.3 Å². The van der Waals surface area contributed by atoms with E-state index in [0.717, 1.165) is 33.2 Å². The molecule has 0 saturated carbocycles. The summed E-state index contributed by atoms with van der Waals surface area (Å²) in [4.78, 5) is 5.06. The first-order valence-corrected chi connectivity index (χ1v) is 17.0. The van der Waals surface area contributed by atoms with E-state index in [2.05, 4.69) is 161 Å². The third kappa shape index (κ3) is 3.56. The molecule has 0 fully saturated rings. The van der Waals surface area contributed by atoms with Crippen LogP contribution in [0.3, 0.4) is 0 Å². The first-order chi connectivity index (χ1) is 23.8. The average Bonchev–Trinajstić information content (AvgIpc) is 3.90. The number of benzene rings is 7. The van der Waals surface area contributed by atoms with Crippen LogP contribution < -0.4 is 0 Å². The Morgan fingerprint density at radius 3 is 1.77 bits per heavy atom. The average molecular weight is 632 g/mol. The van der Waals surface area contributed by atoms with Crippen LogP contribution in [0.1, 0.15) is 0 Å². The van der Waals surface area contributed by atoms with Crippen LogP contribution in [-0.2, 0) is 0 Å². The van der Waals surface area contributed by atoms with Gasteiger partial charge in [0.25, 0.3) is 0 Å². The van der Waals surface area contributed by atoms with Crippen LogP contribution in [0.2, 0.25) is 0 Å². The smallest absolute Gasteiger partial charge is 0.307 e. The molecule has 4 heterocycles. The largest absolute Gasteiger partial charge is 0.422 e. The number of para-hydroxylation sites is 3. The molecule has 0 aliphatic heterocycles. The van der Waals surface area contributed by atoms with Crippen molar-refractivity contribution in [3.05, 3.63) is 152 Å². The molecule has 0 unspecified atom stereocenters. The molecule has 48 heavy (non-hydrogen) atoms. The first-order valence-electron chi connectivity index (χ1n) is 16.1. The molecule has 0 bridgehead atoms. The standard InChI is InChI=1S/C43H25N3OS/c1-2-10-28(11-3-1)45-35-15-7-4-12-29(35)32-24-26(18-21-37(32)45)27-19-22-38-33(25-27)30-13-5-8-16-36(30)46(38)43-44-34-20-23-40-41(42(34)47-43)31-14-6-9-17-39(31)48-40/h1-25H. The van der Waals surface area contributed by atoms with Crippen molar-refractivity contribution in [3.8, 4) is 22.8 Å². The highest BCUT2D eigenvalue weighted by Crippen LogP contribution is 2.41. The first kappa shape index (κ1) is 26.0. The van der Waals surface area contributed by atoms with E-state index >= 15 is 0 Å². The van der Waals surface area contributed by atoms with Gasteiger partial charge in [0.1, 0.15) is 5.52 Å². The molecule has 4 aromatic heterocycles. The molecule has 11 aromatic rings. The Labute approximate surface area is 278 Å². The molecule has 0 saturated heterocycles. The molecule has 5 heteroatoms. The van der Waals surface area contributed by atoms with E-state index in [0.29, 0.717) is 6.01 Å². The van der Waals surface area contributed by atoms with E-state index < -0.39 is 0 Å². The van der Waals surface area contributed by atoms with Gasteiger partial charge in [0, 0.05) is 47.4 Å². The van der Waals surface area contributed by atoms with Crippen molar-refractivity contribution in [2.24, 2.45) is 0 Å². The molecule has 11 rings (SSSR count). The van der Waals surface area contributed by atoms with Crippen LogP contribution in [-0.4, -0.2) is 14.1 Å². The minimum Gasteiger partial charge on any atom is -0.422 e. The Hall–Kier alpha value is -6.17. The van der Waals surface area contributed by atoms with Crippen LogP contribution in [0.4, 0.5) is 0 Å². The van der Waals surface area contributed by atoms with Gasteiger partial charge in [0.2, 0.25) is 0 Å². The SMILES string of the molecule is c1ccc(-n2c3ccccc3c3cc(-c4ccc5c(c4)c4ccccc4n5-c4nc5ccc6sc7ccccc7c6c5o4)ccc32)cc1. The Balaban J connectivity index is 1.11. The summed E-state index contributed by atoms with van der Waals surface area (Å²) in [5, 5.41) is 7.18. The maximum absolute atomic E-state index is 6.71. The van der Waals surface area contributed by atoms with Crippen molar-refractivity contribution in [1.29, 1.82) is 0 Å². The summed E-state index contributed by atoms with van der Waals surface area (Å²) in [7, 11) is 0. The Morgan fingerprint density at radius 1 is 0.458 bits per heavy atom. The van der Waals surface area contributed by atoms with Crippen LogP contribution in [0.15, 0.2) is 156 Å². The van der Waals surface area contributed by atoms with E-state index in [1.165, 1.54) is 58.5 Å². The Kier molecular flexibility index (Phi) is 5.23. The van der Waals surface area contributed by atoms with Gasteiger partial charge in [-0.1, -0.05) is 84.9 Å². The van der Waals surface area contributed by atoms with E-state index in [-0.39, 0.29) is 0 Å². The fourth-order valence-corrected chi connectivity index (χ4v) is 8.75. The van der Waals surface area contributed by atoms with Gasteiger partial charge in [0.15, 0.2) is 5.58 Å². The normalized spacial score (nSPS) is 12.2. The van der Waals surface area contributed by atoms with Crippen LogP contribution in [0.5, 0.6) is 0 Å². The van der Waals surface area contributed by atoms with E-state index in [4.69, 9.17) is 9.40 Å². The minimum absolute atomic E-state index is 0.585. The zero-order valence-corrected chi connectivity index (χ0v) is 26.4. The van der Waals surface area contributed by atoms with Crippen LogP contribution in [0, 0.1) is 0 Å². The molecule has 0 radical (unpaired) electrons. The highest BCUT2D eigenvalue weighted by Gasteiger charge is 2.20. The third-order valence-corrected chi connectivity index (χ3v) is 10.9. The summed E-state index contributed by atoms with van der Waals surface area (Å²) in [6, 6.07) is 54.8. The number of thiophene rings is 1. The summed E-state index contributed by atoms with van der Waals surface area (Å²) >= 11 is 1.79. The summed E-state index contributed by atoms with van der Waals surface area (Å²) in [6.07, 6.45) is 0. The minimum atomic E-state index is 0.585. The number of rotatable bonds is 3. The lowest BCUT2D eigenvalue weighted by atomic mass is 10.0. The van der Waals surface area contributed by atoms with E-state index in [1.807, 2.05) is 0 Å². The fraction of sp³-hybridized carbons (Fsp3) is 0. The van der Waals surface area contributed by atoms with Crippen molar-refractivity contribution in [2.75, 3.05) is 0 Å². The maximum Gasteiger partial charge on any atom is 0.307 e. The van der Waals surface area contributed by atoms with E-state index in [9.17, 15) is 0 Å². The van der Waals surface area contributed by atoms with Crippen LogP contribution >= 0.6 is 11.3 Å². The third-order valence-electron chi connectivity index (χ3n) is 9.77. The van der Waals surface area contributed by atoms with Crippen molar-refractivity contribution in [2.45, 2.75) is 0 Å². The molecule has 0 aliphatic carbocycles.